The van der Waals surface area contributed by atoms with Gasteiger partial charge in [0.1, 0.15) is 23.7 Å². The number of benzene rings is 3. The van der Waals surface area contributed by atoms with Crippen molar-refractivity contribution < 1.29 is 28.5 Å². The topological polar surface area (TPSA) is 71.1 Å². The molecule has 0 aromatic heterocycles. The summed E-state index contributed by atoms with van der Waals surface area (Å²) in [6, 6.07) is 17.9. The molecular weight excluding hydrogens is 468 g/mol. The molecule has 0 heterocycles. The zero-order valence-electron chi connectivity index (χ0n) is 21.8. The van der Waals surface area contributed by atoms with Crippen LogP contribution in [0.2, 0.25) is 0 Å². The highest BCUT2D eigenvalue weighted by Crippen LogP contribution is 2.48. The van der Waals surface area contributed by atoms with Gasteiger partial charge < -0.3 is 18.9 Å². The molecule has 2 fully saturated rings. The molecule has 194 valence electrons. The number of rotatable bonds is 8. The van der Waals surface area contributed by atoms with Gasteiger partial charge in [0.25, 0.3) is 0 Å². The van der Waals surface area contributed by atoms with Crippen LogP contribution in [0.3, 0.4) is 0 Å². The predicted octanol–water partition coefficient (Wildman–Crippen LogP) is 6.58. The zero-order valence-corrected chi connectivity index (χ0v) is 21.8. The van der Waals surface area contributed by atoms with Crippen LogP contribution in [0.5, 0.6) is 11.5 Å². The third-order valence-electron chi connectivity index (χ3n) is 7.82. The van der Waals surface area contributed by atoms with Crippen LogP contribution >= 0.6 is 0 Å². The number of ether oxygens (including phenoxy) is 4. The average molecular weight is 503 g/mol. The molecule has 0 saturated heterocycles. The second-order valence-electron chi connectivity index (χ2n) is 10.4. The van der Waals surface area contributed by atoms with Gasteiger partial charge in [0.15, 0.2) is 0 Å². The summed E-state index contributed by atoms with van der Waals surface area (Å²) in [6.07, 6.45) is 5.02. The smallest absolute Gasteiger partial charge is 0.341 e. The molecule has 0 aliphatic heterocycles. The monoisotopic (exact) mass is 502 g/mol. The molecule has 37 heavy (non-hydrogen) atoms. The lowest BCUT2D eigenvalue weighted by Crippen LogP contribution is -2.37. The first kappa shape index (κ1) is 25.1. The van der Waals surface area contributed by atoms with Crippen LogP contribution in [-0.2, 0) is 20.9 Å². The maximum absolute atomic E-state index is 13.1. The van der Waals surface area contributed by atoms with Gasteiger partial charge in [-0.05, 0) is 79.8 Å². The van der Waals surface area contributed by atoms with E-state index < -0.39 is 11.4 Å². The van der Waals surface area contributed by atoms with Crippen LogP contribution in [0.4, 0.5) is 0 Å². The van der Waals surface area contributed by atoms with E-state index in [4.69, 9.17) is 18.9 Å². The van der Waals surface area contributed by atoms with Gasteiger partial charge in [-0.25, -0.2) is 4.79 Å². The van der Waals surface area contributed by atoms with Gasteiger partial charge in [-0.1, -0.05) is 42.5 Å². The van der Waals surface area contributed by atoms with E-state index in [-0.39, 0.29) is 18.7 Å². The van der Waals surface area contributed by atoms with Crippen molar-refractivity contribution in [1.82, 2.24) is 0 Å². The SMILES string of the molecule is COC(=O)c1cc(O[C@H]2CC[C@@](C)(C(=O)OCc3cccc4ccccc34)CC2)c(C2CC2)cc1OC. The molecule has 3 aromatic carbocycles. The summed E-state index contributed by atoms with van der Waals surface area (Å²) in [5, 5.41) is 2.25. The largest absolute Gasteiger partial charge is 0.496 e. The first-order valence-electron chi connectivity index (χ1n) is 13.0. The third-order valence-corrected chi connectivity index (χ3v) is 7.82. The van der Waals surface area contributed by atoms with Gasteiger partial charge in [0.05, 0.1) is 25.7 Å². The van der Waals surface area contributed by atoms with Crippen LogP contribution in [0.15, 0.2) is 54.6 Å². The maximum Gasteiger partial charge on any atom is 0.341 e. The van der Waals surface area contributed by atoms with E-state index in [0.717, 1.165) is 53.3 Å². The summed E-state index contributed by atoms with van der Waals surface area (Å²) in [6.45, 7) is 2.26. The van der Waals surface area contributed by atoms with Gasteiger partial charge >= 0.3 is 11.9 Å². The molecule has 0 radical (unpaired) electrons. The number of hydrogen-bond donors (Lipinski definition) is 0. The Balaban J connectivity index is 1.24. The average Bonchev–Trinajstić information content (AvgIpc) is 3.78. The van der Waals surface area contributed by atoms with Crippen molar-refractivity contribution in [2.45, 2.75) is 64.1 Å². The fourth-order valence-corrected chi connectivity index (χ4v) is 5.30. The minimum atomic E-state index is -0.541. The molecule has 0 amide bonds. The lowest BCUT2D eigenvalue weighted by Gasteiger charge is -2.35. The Labute approximate surface area is 217 Å². The highest BCUT2D eigenvalue weighted by Gasteiger charge is 2.40. The molecular formula is C31H34O6. The molecule has 0 N–H and O–H groups in total. The van der Waals surface area contributed by atoms with Crippen LogP contribution in [0, 0.1) is 5.41 Å². The second kappa shape index (κ2) is 10.4. The van der Waals surface area contributed by atoms with Gasteiger partial charge in [-0.2, -0.15) is 0 Å². The fourth-order valence-electron chi connectivity index (χ4n) is 5.30. The molecule has 2 aliphatic rings. The third kappa shape index (κ3) is 5.29. The molecule has 6 heteroatoms. The molecule has 2 saturated carbocycles. The normalized spacial score (nSPS) is 21.3. The number of carbonyl (C=O) groups excluding carboxylic acids is 2. The summed E-state index contributed by atoms with van der Waals surface area (Å²) >= 11 is 0. The molecule has 6 nitrogen and oxygen atoms in total. The van der Waals surface area contributed by atoms with Crippen LogP contribution in [0.25, 0.3) is 10.8 Å². The first-order valence-corrected chi connectivity index (χ1v) is 13.0. The van der Waals surface area contributed by atoms with Crippen molar-refractivity contribution in [2.75, 3.05) is 14.2 Å². The summed E-state index contributed by atoms with van der Waals surface area (Å²) in [7, 11) is 2.92. The van der Waals surface area contributed by atoms with Crippen molar-refractivity contribution in [3.05, 3.63) is 71.3 Å². The van der Waals surface area contributed by atoms with Crippen molar-refractivity contribution in [3.63, 3.8) is 0 Å². The van der Waals surface area contributed by atoms with E-state index in [1.807, 2.05) is 37.3 Å². The highest BCUT2D eigenvalue weighted by molar-refractivity contribution is 5.93. The number of fused-ring (bicyclic) bond motifs is 1. The van der Waals surface area contributed by atoms with Crippen LogP contribution in [0.1, 0.15) is 72.9 Å². The standard InChI is InChI=1S/C31H34O6/c1-31(30(33)36-19-22-9-6-8-20-7-4-5-10-24(20)22)15-13-23(14-16-31)37-28-18-26(29(32)35-3)27(34-2)17-25(28)21-11-12-21/h4-10,17-18,21,23H,11-16,19H2,1-3H3/t23-,31+. The Morgan fingerprint density at radius 2 is 1.65 bits per heavy atom. The van der Waals surface area contributed by atoms with E-state index in [1.54, 1.807) is 13.2 Å². The fraction of sp³-hybridized carbons (Fsp3) is 0.419. The maximum atomic E-state index is 13.1. The highest BCUT2D eigenvalue weighted by atomic mass is 16.5. The zero-order chi connectivity index (χ0) is 26.0. The molecule has 3 aromatic rings. The molecule has 0 bridgehead atoms. The van der Waals surface area contributed by atoms with Crippen molar-refractivity contribution in [3.8, 4) is 11.5 Å². The molecule has 0 atom stereocenters. The minimum absolute atomic E-state index is 0.0321. The predicted molar refractivity (Wildman–Crippen MR) is 141 cm³/mol. The molecule has 2 aliphatic carbocycles. The van der Waals surface area contributed by atoms with E-state index in [2.05, 4.69) is 18.2 Å². The molecule has 0 unspecified atom stereocenters. The minimum Gasteiger partial charge on any atom is -0.496 e. The van der Waals surface area contributed by atoms with Gasteiger partial charge in [-0.15, -0.1) is 0 Å². The Morgan fingerprint density at radius 1 is 0.919 bits per heavy atom. The van der Waals surface area contributed by atoms with Gasteiger partial charge in [-0.3, -0.25) is 4.79 Å². The summed E-state index contributed by atoms with van der Waals surface area (Å²) in [5.74, 6) is 1.04. The Morgan fingerprint density at radius 3 is 2.35 bits per heavy atom. The lowest BCUT2D eigenvalue weighted by atomic mass is 9.74. The van der Waals surface area contributed by atoms with Crippen molar-refractivity contribution in [1.29, 1.82) is 0 Å². The van der Waals surface area contributed by atoms with E-state index in [9.17, 15) is 9.59 Å². The number of carbonyl (C=O) groups is 2. The first-order chi connectivity index (χ1) is 17.9. The number of esters is 2. The number of hydrogen-bond acceptors (Lipinski definition) is 6. The van der Waals surface area contributed by atoms with E-state index >= 15 is 0 Å². The van der Waals surface area contributed by atoms with Gasteiger partial charge in [0.2, 0.25) is 0 Å². The van der Waals surface area contributed by atoms with Crippen molar-refractivity contribution in [2.24, 2.45) is 5.41 Å². The molecule has 0 spiro atoms. The Bertz CT molecular complexity index is 1300. The second-order valence-corrected chi connectivity index (χ2v) is 10.4. The Kier molecular flexibility index (Phi) is 7.09. The van der Waals surface area contributed by atoms with Gasteiger partial charge in [0, 0.05) is 5.56 Å². The van der Waals surface area contributed by atoms with Crippen LogP contribution < -0.4 is 9.47 Å². The van der Waals surface area contributed by atoms with E-state index in [0.29, 0.717) is 30.1 Å². The van der Waals surface area contributed by atoms with E-state index in [1.165, 1.54) is 7.11 Å². The quantitative estimate of drug-likeness (QED) is 0.324. The van der Waals surface area contributed by atoms with Crippen molar-refractivity contribution >= 4 is 22.7 Å². The summed E-state index contributed by atoms with van der Waals surface area (Å²) in [5.41, 5.74) is 1.91. The Hall–Kier alpha value is -3.54. The van der Waals surface area contributed by atoms with Crippen LogP contribution in [-0.4, -0.2) is 32.3 Å². The summed E-state index contributed by atoms with van der Waals surface area (Å²) < 4.78 is 22.7. The number of methoxy groups -OCH3 is 2. The molecule has 5 rings (SSSR count). The lowest BCUT2D eigenvalue weighted by molar-refractivity contribution is -0.159. The summed E-state index contributed by atoms with van der Waals surface area (Å²) in [4.78, 5) is 25.5.